The lowest BCUT2D eigenvalue weighted by Gasteiger charge is -2.13. The third-order valence-corrected chi connectivity index (χ3v) is 3.86. The van der Waals surface area contributed by atoms with Crippen LogP contribution in [0, 0.1) is 0 Å². The van der Waals surface area contributed by atoms with Crippen molar-refractivity contribution < 1.29 is 17.9 Å². The highest BCUT2D eigenvalue weighted by Gasteiger charge is 2.15. The normalized spacial score (nSPS) is 12.8. The van der Waals surface area contributed by atoms with E-state index >= 15 is 0 Å². The minimum atomic E-state index is -3.80. The summed E-state index contributed by atoms with van der Waals surface area (Å²) in [7, 11) is -2.34. The van der Waals surface area contributed by atoms with Gasteiger partial charge in [0.1, 0.15) is 5.75 Å². The van der Waals surface area contributed by atoms with Crippen LogP contribution in [0.5, 0.6) is 5.75 Å². The molecule has 0 saturated carbocycles. The fourth-order valence-corrected chi connectivity index (χ4v) is 2.24. The van der Waals surface area contributed by atoms with Gasteiger partial charge in [0.15, 0.2) is 0 Å². The number of carbonyl (C=O) groups is 1. The number of ether oxygens (including phenoxy) is 1. The number of carbonyl (C=O) groups excluding carboxylic acids is 1. The molecule has 0 aromatic heterocycles. The minimum absolute atomic E-state index is 0.0374. The number of rotatable bonds is 6. The number of hydrogen-bond acceptors (Lipinski definition) is 4. The molecular weight excluding hydrogens is 280 g/mol. The first-order valence-electron chi connectivity index (χ1n) is 6.27. The first kappa shape index (κ1) is 16.5. The van der Waals surface area contributed by atoms with Crippen molar-refractivity contribution in [1.82, 2.24) is 5.32 Å². The molecule has 7 heteroatoms. The predicted molar refractivity (Wildman–Crippen MR) is 76.0 cm³/mol. The summed E-state index contributed by atoms with van der Waals surface area (Å²) in [6.07, 6.45) is 0.858. The van der Waals surface area contributed by atoms with E-state index < -0.39 is 10.0 Å². The van der Waals surface area contributed by atoms with Crippen molar-refractivity contribution in [2.24, 2.45) is 5.14 Å². The smallest absolute Gasteiger partial charge is 0.238 e. The molecule has 112 valence electrons. The summed E-state index contributed by atoms with van der Waals surface area (Å²) in [6, 6.07) is 4.27. The van der Waals surface area contributed by atoms with Crippen LogP contribution in [-0.2, 0) is 21.2 Å². The molecular formula is C13H20N2O4S. The van der Waals surface area contributed by atoms with Gasteiger partial charge in [-0.2, -0.15) is 0 Å². The SMILES string of the molecule is CCC(C)NC(=O)Cc1cc(S(N)(=O)=O)ccc1OC. The molecule has 1 rings (SSSR count). The van der Waals surface area contributed by atoms with E-state index in [4.69, 9.17) is 9.88 Å². The Bertz CT molecular complexity index is 584. The van der Waals surface area contributed by atoms with Gasteiger partial charge in [0.25, 0.3) is 0 Å². The maximum atomic E-state index is 11.9. The predicted octanol–water partition coefficient (Wildman–Crippen LogP) is 0.800. The highest BCUT2D eigenvalue weighted by atomic mass is 32.2. The van der Waals surface area contributed by atoms with Crippen molar-refractivity contribution in [2.45, 2.75) is 37.6 Å². The maximum Gasteiger partial charge on any atom is 0.238 e. The number of primary sulfonamides is 1. The number of hydrogen-bond donors (Lipinski definition) is 2. The largest absolute Gasteiger partial charge is 0.496 e. The third kappa shape index (κ3) is 4.50. The van der Waals surface area contributed by atoms with E-state index in [1.54, 1.807) is 0 Å². The average Bonchev–Trinajstić information content (AvgIpc) is 2.37. The molecule has 1 amide bonds. The second-order valence-electron chi connectivity index (χ2n) is 4.57. The molecule has 0 aliphatic carbocycles. The fraction of sp³-hybridized carbons (Fsp3) is 0.462. The molecule has 0 spiro atoms. The van der Waals surface area contributed by atoms with Crippen molar-refractivity contribution in [1.29, 1.82) is 0 Å². The molecule has 6 nitrogen and oxygen atoms in total. The molecule has 0 aliphatic rings. The number of sulfonamides is 1. The summed E-state index contributed by atoms with van der Waals surface area (Å²) in [6.45, 7) is 3.86. The number of methoxy groups -OCH3 is 1. The molecule has 3 N–H and O–H groups in total. The summed E-state index contributed by atoms with van der Waals surface area (Å²) in [4.78, 5) is 11.8. The van der Waals surface area contributed by atoms with Gasteiger partial charge in [-0.05, 0) is 31.5 Å². The van der Waals surface area contributed by atoms with E-state index in [0.717, 1.165) is 6.42 Å². The van der Waals surface area contributed by atoms with Crippen molar-refractivity contribution in [3.63, 3.8) is 0 Å². The van der Waals surface area contributed by atoms with E-state index in [1.807, 2.05) is 13.8 Å². The van der Waals surface area contributed by atoms with Crippen molar-refractivity contribution >= 4 is 15.9 Å². The zero-order valence-corrected chi connectivity index (χ0v) is 12.7. The van der Waals surface area contributed by atoms with Crippen LogP contribution in [0.1, 0.15) is 25.8 Å². The standard InChI is InChI=1S/C13H20N2O4S/c1-4-9(2)15-13(16)8-10-7-11(20(14,17)18)5-6-12(10)19-3/h5-7,9H,4,8H2,1-3H3,(H,15,16)(H2,14,17,18). The van der Waals surface area contributed by atoms with Crippen molar-refractivity contribution in [3.05, 3.63) is 23.8 Å². The summed E-state index contributed by atoms with van der Waals surface area (Å²) >= 11 is 0. The van der Waals surface area contributed by atoms with E-state index in [9.17, 15) is 13.2 Å². The lowest BCUT2D eigenvalue weighted by Crippen LogP contribution is -2.33. The van der Waals surface area contributed by atoms with Gasteiger partial charge >= 0.3 is 0 Å². The van der Waals surface area contributed by atoms with Crippen LogP contribution < -0.4 is 15.2 Å². The Morgan fingerprint density at radius 2 is 2.10 bits per heavy atom. The molecule has 0 aliphatic heterocycles. The lowest BCUT2D eigenvalue weighted by molar-refractivity contribution is -0.121. The Hall–Kier alpha value is -1.60. The number of nitrogens with one attached hydrogen (secondary N) is 1. The number of nitrogens with two attached hydrogens (primary N) is 1. The Kier molecular flexibility index (Phi) is 5.52. The molecule has 0 bridgehead atoms. The van der Waals surface area contributed by atoms with Crippen LogP contribution in [0.4, 0.5) is 0 Å². The van der Waals surface area contributed by atoms with Crippen LogP contribution >= 0.6 is 0 Å². The molecule has 1 aromatic rings. The van der Waals surface area contributed by atoms with Gasteiger partial charge in [0, 0.05) is 11.6 Å². The Labute approximate surface area is 119 Å². The van der Waals surface area contributed by atoms with Crippen LogP contribution in [0.25, 0.3) is 0 Å². The molecule has 1 atom stereocenters. The summed E-state index contributed by atoms with van der Waals surface area (Å²) in [5.41, 5.74) is 0.486. The van der Waals surface area contributed by atoms with Gasteiger partial charge in [-0.25, -0.2) is 13.6 Å². The average molecular weight is 300 g/mol. The molecule has 1 unspecified atom stereocenters. The third-order valence-electron chi connectivity index (χ3n) is 2.95. The zero-order chi connectivity index (χ0) is 15.3. The highest BCUT2D eigenvalue weighted by molar-refractivity contribution is 7.89. The van der Waals surface area contributed by atoms with E-state index in [0.29, 0.717) is 11.3 Å². The highest BCUT2D eigenvalue weighted by Crippen LogP contribution is 2.22. The number of amides is 1. The van der Waals surface area contributed by atoms with Gasteiger partial charge in [-0.1, -0.05) is 6.92 Å². The van der Waals surface area contributed by atoms with Gasteiger partial charge in [0.2, 0.25) is 15.9 Å². The first-order chi connectivity index (χ1) is 9.27. The molecule has 0 saturated heterocycles. The van der Waals surface area contributed by atoms with Crippen LogP contribution in [0.2, 0.25) is 0 Å². The molecule has 0 fully saturated rings. The molecule has 1 aromatic carbocycles. The fourth-order valence-electron chi connectivity index (χ4n) is 1.67. The quantitative estimate of drug-likeness (QED) is 0.811. The number of benzene rings is 1. The topological polar surface area (TPSA) is 98.5 Å². The summed E-state index contributed by atoms with van der Waals surface area (Å²) in [5.74, 6) is 0.265. The lowest BCUT2D eigenvalue weighted by atomic mass is 10.1. The van der Waals surface area contributed by atoms with E-state index in [1.165, 1.54) is 25.3 Å². The Morgan fingerprint density at radius 1 is 1.45 bits per heavy atom. The summed E-state index contributed by atoms with van der Waals surface area (Å²) in [5, 5.41) is 7.89. The van der Waals surface area contributed by atoms with Gasteiger partial charge in [-0.15, -0.1) is 0 Å². The Morgan fingerprint density at radius 3 is 2.60 bits per heavy atom. The van der Waals surface area contributed by atoms with E-state index in [-0.39, 0.29) is 23.3 Å². The molecule has 20 heavy (non-hydrogen) atoms. The second-order valence-corrected chi connectivity index (χ2v) is 6.13. The van der Waals surface area contributed by atoms with Crippen LogP contribution in [0.3, 0.4) is 0 Å². The van der Waals surface area contributed by atoms with Gasteiger partial charge in [0.05, 0.1) is 18.4 Å². The molecule has 0 radical (unpaired) electrons. The first-order valence-corrected chi connectivity index (χ1v) is 7.81. The van der Waals surface area contributed by atoms with Gasteiger partial charge in [-0.3, -0.25) is 4.79 Å². The van der Waals surface area contributed by atoms with Gasteiger partial charge < -0.3 is 10.1 Å². The van der Waals surface area contributed by atoms with Crippen molar-refractivity contribution in [3.8, 4) is 5.75 Å². The Balaban J connectivity index is 3.00. The van der Waals surface area contributed by atoms with E-state index in [2.05, 4.69) is 5.32 Å². The minimum Gasteiger partial charge on any atom is -0.496 e. The zero-order valence-electron chi connectivity index (χ0n) is 11.8. The van der Waals surface area contributed by atoms with Crippen LogP contribution in [-0.4, -0.2) is 27.5 Å². The summed E-state index contributed by atoms with van der Waals surface area (Å²) < 4.78 is 27.8. The molecule has 0 heterocycles. The monoisotopic (exact) mass is 300 g/mol. The maximum absolute atomic E-state index is 11.9. The second kappa shape index (κ2) is 6.71. The van der Waals surface area contributed by atoms with Crippen LogP contribution in [0.15, 0.2) is 23.1 Å². The van der Waals surface area contributed by atoms with Crippen molar-refractivity contribution in [2.75, 3.05) is 7.11 Å².